The number of anilines is 1. The van der Waals surface area contributed by atoms with Crippen molar-refractivity contribution >= 4 is 23.2 Å². The minimum Gasteiger partial charge on any atom is -0.495 e. The molecule has 0 unspecified atom stereocenters. The van der Waals surface area contributed by atoms with E-state index in [2.05, 4.69) is 0 Å². The van der Waals surface area contributed by atoms with Gasteiger partial charge in [0.2, 0.25) is 0 Å². The smallest absolute Gasteiger partial charge is 0.383 e. The third-order valence-corrected chi connectivity index (χ3v) is 2.28. The average molecular weight is 286 g/mol. The van der Waals surface area contributed by atoms with Crippen LogP contribution in [0.5, 0.6) is 5.75 Å². The van der Waals surface area contributed by atoms with Crippen molar-refractivity contribution in [2.24, 2.45) is 0 Å². The predicted molar refractivity (Wildman–Crippen MR) is 57.6 cm³/mol. The zero-order valence-corrected chi connectivity index (χ0v) is 9.77. The molecule has 1 aromatic rings. The van der Waals surface area contributed by atoms with Crippen LogP contribution in [0.2, 0.25) is 5.02 Å². The number of carbonyl (C=O) groups is 1. The van der Waals surface area contributed by atoms with Gasteiger partial charge in [0.25, 0.3) is 0 Å². The first-order chi connectivity index (χ1) is 8.28. The number of carbonyl (C=O) groups excluding carboxylic acids is 1. The molecule has 0 saturated heterocycles. The molecule has 0 saturated carbocycles. The highest BCUT2D eigenvalue weighted by atomic mass is 35.5. The molecular formula is C10H8ClF4NO2. The maximum absolute atomic E-state index is 12.7. The van der Waals surface area contributed by atoms with Gasteiger partial charge in [-0.25, -0.2) is 8.78 Å². The maximum atomic E-state index is 12.7. The number of hydrogen-bond acceptors (Lipinski definition) is 2. The molecule has 0 aromatic heterocycles. The average Bonchev–Trinajstić information content (AvgIpc) is 2.28. The molecule has 0 aliphatic carbocycles. The summed E-state index contributed by atoms with van der Waals surface area (Å²) in [6.45, 7) is 0. The lowest BCUT2D eigenvalue weighted by Crippen LogP contribution is -2.40. The number of alkyl halides is 4. The van der Waals surface area contributed by atoms with E-state index in [4.69, 9.17) is 16.3 Å². The molecule has 0 aliphatic rings. The minimum atomic E-state index is -4.76. The molecule has 1 aromatic carbocycles. The normalized spacial score (nSPS) is 11.5. The summed E-state index contributed by atoms with van der Waals surface area (Å²) in [7, 11) is 1.34. The Hall–Kier alpha value is -1.50. The van der Waals surface area contributed by atoms with E-state index in [9.17, 15) is 22.4 Å². The lowest BCUT2D eigenvalue weighted by molar-refractivity contribution is -0.163. The van der Waals surface area contributed by atoms with Gasteiger partial charge in [-0.15, -0.1) is 0 Å². The topological polar surface area (TPSA) is 38.3 Å². The van der Waals surface area contributed by atoms with Crippen LogP contribution in [0, 0.1) is 0 Å². The second-order valence-electron chi connectivity index (χ2n) is 3.23. The first-order valence-corrected chi connectivity index (χ1v) is 4.97. The SMILES string of the molecule is COc1ccc(NC(=O)C(F)(F)C(F)F)cc1Cl. The summed E-state index contributed by atoms with van der Waals surface area (Å²) >= 11 is 5.68. The first-order valence-electron chi connectivity index (χ1n) is 4.60. The molecule has 0 heterocycles. The van der Waals surface area contributed by atoms with E-state index >= 15 is 0 Å². The number of amides is 1. The van der Waals surface area contributed by atoms with Crippen molar-refractivity contribution in [2.45, 2.75) is 12.3 Å². The highest BCUT2D eigenvalue weighted by Gasteiger charge is 2.48. The van der Waals surface area contributed by atoms with Gasteiger partial charge < -0.3 is 10.1 Å². The van der Waals surface area contributed by atoms with E-state index in [1.165, 1.54) is 19.2 Å². The van der Waals surface area contributed by atoms with Crippen LogP contribution in [0.3, 0.4) is 0 Å². The van der Waals surface area contributed by atoms with Crippen LogP contribution in [0.25, 0.3) is 0 Å². The largest absolute Gasteiger partial charge is 0.495 e. The molecule has 0 bridgehead atoms. The monoisotopic (exact) mass is 285 g/mol. The summed E-state index contributed by atoms with van der Waals surface area (Å²) in [5.41, 5.74) is -0.133. The van der Waals surface area contributed by atoms with Crippen LogP contribution in [-0.2, 0) is 4.79 Å². The molecule has 0 atom stereocenters. The Bertz CT molecular complexity index is 454. The van der Waals surface area contributed by atoms with E-state index in [-0.39, 0.29) is 16.5 Å². The Labute approximate surface area is 105 Å². The quantitative estimate of drug-likeness (QED) is 0.863. The maximum Gasteiger partial charge on any atom is 0.383 e. The Morgan fingerprint density at radius 2 is 2.06 bits per heavy atom. The molecule has 3 nitrogen and oxygen atoms in total. The van der Waals surface area contributed by atoms with E-state index in [0.717, 1.165) is 6.07 Å². The summed E-state index contributed by atoms with van der Waals surface area (Å²) in [5, 5.41) is 1.70. The summed E-state index contributed by atoms with van der Waals surface area (Å²) in [6, 6.07) is 3.61. The summed E-state index contributed by atoms with van der Waals surface area (Å²) < 4.78 is 53.9. The van der Waals surface area contributed by atoms with Gasteiger partial charge >= 0.3 is 18.3 Å². The fourth-order valence-corrected chi connectivity index (χ4v) is 1.32. The van der Waals surface area contributed by atoms with Gasteiger partial charge in [0, 0.05) is 5.69 Å². The van der Waals surface area contributed by atoms with E-state index < -0.39 is 18.3 Å². The van der Waals surface area contributed by atoms with Gasteiger partial charge in [0.1, 0.15) is 5.75 Å². The van der Waals surface area contributed by atoms with E-state index in [0.29, 0.717) is 0 Å². The third-order valence-electron chi connectivity index (χ3n) is 1.99. The molecule has 18 heavy (non-hydrogen) atoms. The van der Waals surface area contributed by atoms with Crippen molar-refractivity contribution in [3.63, 3.8) is 0 Å². The molecular weight excluding hydrogens is 278 g/mol. The Morgan fingerprint density at radius 3 is 2.50 bits per heavy atom. The van der Waals surface area contributed by atoms with Gasteiger partial charge in [0.15, 0.2) is 0 Å². The van der Waals surface area contributed by atoms with E-state index in [1.54, 1.807) is 5.32 Å². The number of nitrogens with one attached hydrogen (secondary N) is 1. The minimum absolute atomic E-state index is 0.0515. The van der Waals surface area contributed by atoms with Crippen LogP contribution in [0.1, 0.15) is 0 Å². The fraction of sp³-hybridized carbons (Fsp3) is 0.300. The highest BCUT2D eigenvalue weighted by Crippen LogP contribution is 2.29. The van der Waals surface area contributed by atoms with Crippen molar-refractivity contribution in [2.75, 3.05) is 12.4 Å². The number of rotatable bonds is 4. The molecule has 1 N–H and O–H groups in total. The van der Waals surface area contributed by atoms with Crippen LogP contribution < -0.4 is 10.1 Å². The van der Waals surface area contributed by atoms with Gasteiger partial charge in [-0.05, 0) is 18.2 Å². The molecule has 0 aliphatic heterocycles. The molecule has 100 valence electrons. The number of benzene rings is 1. The number of halogens is 5. The summed E-state index contributed by atoms with van der Waals surface area (Å²) in [4.78, 5) is 10.9. The van der Waals surface area contributed by atoms with Gasteiger partial charge in [0.05, 0.1) is 12.1 Å². The van der Waals surface area contributed by atoms with Crippen LogP contribution in [-0.4, -0.2) is 25.4 Å². The fourth-order valence-electron chi connectivity index (χ4n) is 1.06. The third kappa shape index (κ3) is 3.04. The van der Waals surface area contributed by atoms with Crippen molar-refractivity contribution in [3.05, 3.63) is 23.2 Å². The highest BCUT2D eigenvalue weighted by molar-refractivity contribution is 6.32. The Balaban J connectivity index is 2.86. The Kier molecular flexibility index (Phi) is 4.39. The second-order valence-corrected chi connectivity index (χ2v) is 3.63. The zero-order chi connectivity index (χ0) is 13.9. The lowest BCUT2D eigenvalue weighted by atomic mass is 10.2. The molecule has 1 amide bonds. The van der Waals surface area contributed by atoms with Gasteiger partial charge in [-0.3, -0.25) is 4.79 Å². The second kappa shape index (κ2) is 5.43. The number of methoxy groups -OCH3 is 1. The number of hydrogen-bond donors (Lipinski definition) is 1. The van der Waals surface area contributed by atoms with Crippen LogP contribution in [0.15, 0.2) is 18.2 Å². The van der Waals surface area contributed by atoms with Crippen molar-refractivity contribution in [3.8, 4) is 5.75 Å². The van der Waals surface area contributed by atoms with Crippen molar-refractivity contribution < 1.29 is 27.1 Å². The summed E-state index contributed by atoms with van der Waals surface area (Å²) in [5.74, 6) is -6.60. The predicted octanol–water partition coefficient (Wildman–Crippen LogP) is 3.19. The first kappa shape index (κ1) is 14.6. The molecule has 0 radical (unpaired) electrons. The summed E-state index contributed by atoms with van der Waals surface area (Å²) in [6.07, 6.45) is -4.08. The van der Waals surface area contributed by atoms with Crippen LogP contribution in [0.4, 0.5) is 23.2 Å². The van der Waals surface area contributed by atoms with Gasteiger partial charge in [-0.1, -0.05) is 11.6 Å². The molecule has 0 spiro atoms. The lowest BCUT2D eigenvalue weighted by Gasteiger charge is -2.15. The van der Waals surface area contributed by atoms with Crippen molar-refractivity contribution in [1.29, 1.82) is 0 Å². The number of ether oxygens (including phenoxy) is 1. The standard InChI is InChI=1S/C10H8ClF4NO2/c1-18-7-3-2-5(4-6(7)11)16-9(17)10(14,15)8(12)13/h2-4,8H,1H3,(H,16,17). The molecule has 1 rings (SSSR count). The zero-order valence-electron chi connectivity index (χ0n) is 9.02. The van der Waals surface area contributed by atoms with E-state index in [1.807, 2.05) is 0 Å². The van der Waals surface area contributed by atoms with Crippen LogP contribution >= 0.6 is 11.6 Å². The van der Waals surface area contributed by atoms with Crippen molar-refractivity contribution in [1.82, 2.24) is 0 Å². The molecule has 0 fully saturated rings. The van der Waals surface area contributed by atoms with Gasteiger partial charge in [-0.2, -0.15) is 8.78 Å². The Morgan fingerprint density at radius 1 is 1.44 bits per heavy atom. The molecule has 8 heteroatoms.